The molecule has 2 amide bonds. The molecule has 0 aromatic carbocycles. The molecular formula is C11H20F3N3O2. The number of hydrogen-bond donors (Lipinski definition) is 3. The molecule has 8 heteroatoms. The molecule has 5 nitrogen and oxygen atoms in total. The highest BCUT2D eigenvalue weighted by molar-refractivity contribution is 5.74. The zero-order valence-electron chi connectivity index (χ0n) is 10.8. The molecule has 2 unspecified atom stereocenters. The molecule has 1 heterocycles. The van der Waals surface area contributed by atoms with Crippen molar-refractivity contribution in [1.29, 1.82) is 0 Å². The third kappa shape index (κ3) is 6.11. The molecule has 1 saturated heterocycles. The molecule has 0 aliphatic carbocycles. The molecule has 0 bridgehead atoms. The van der Waals surface area contributed by atoms with Crippen molar-refractivity contribution < 1.29 is 23.1 Å². The van der Waals surface area contributed by atoms with Crippen LogP contribution in [0.15, 0.2) is 0 Å². The van der Waals surface area contributed by atoms with Crippen molar-refractivity contribution in [3.8, 4) is 0 Å². The minimum Gasteiger partial charge on any atom is -0.394 e. The number of alkyl halides is 3. The van der Waals surface area contributed by atoms with Crippen molar-refractivity contribution in [2.24, 2.45) is 0 Å². The van der Waals surface area contributed by atoms with Crippen LogP contribution in [-0.2, 0) is 0 Å². The van der Waals surface area contributed by atoms with Crippen molar-refractivity contribution in [3.05, 3.63) is 0 Å². The monoisotopic (exact) mass is 283 g/mol. The van der Waals surface area contributed by atoms with Crippen LogP contribution in [0.4, 0.5) is 18.0 Å². The predicted octanol–water partition coefficient (Wildman–Crippen LogP) is 0.693. The number of urea groups is 1. The third-order valence-corrected chi connectivity index (χ3v) is 3.06. The SMILES string of the molecule is CCC(CO)NC(=O)NC1CCN(CC(F)(F)F)C1. The molecule has 1 rings (SSSR count). The van der Waals surface area contributed by atoms with E-state index < -0.39 is 18.8 Å². The van der Waals surface area contributed by atoms with Crippen molar-refractivity contribution in [2.45, 2.75) is 38.0 Å². The molecule has 19 heavy (non-hydrogen) atoms. The second-order valence-corrected chi connectivity index (χ2v) is 4.74. The van der Waals surface area contributed by atoms with Crippen molar-refractivity contribution in [1.82, 2.24) is 15.5 Å². The summed E-state index contributed by atoms with van der Waals surface area (Å²) in [6.45, 7) is 1.24. The molecule has 0 aromatic heterocycles. The van der Waals surface area contributed by atoms with Gasteiger partial charge in [0.1, 0.15) is 0 Å². The van der Waals surface area contributed by atoms with E-state index in [9.17, 15) is 18.0 Å². The molecule has 2 atom stereocenters. The molecule has 0 aromatic rings. The fourth-order valence-electron chi connectivity index (χ4n) is 2.04. The van der Waals surface area contributed by atoms with Gasteiger partial charge < -0.3 is 15.7 Å². The Morgan fingerprint density at radius 3 is 2.74 bits per heavy atom. The van der Waals surface area contributed by atoms with Gasteiger partial charge in [0, 0.05) is 19.1 Å². The summed E-state index contributed by atoms with van der Waals surface area (Å²) in [5, 5.41) is 14.1. The summed E-state index contributed by atoms with van der Waals surface area (Å²) >= 11 is 0. The second-order valence-electron chi connectivity index (χ2n) is 4.74. The number of amides is 2. The van der Waals surface area contributed by atoms with Crippen molar-refractivity contribution >= 4 is 6.03 Å². The van der Waals surface area contributed by atoms with Gasteiger partial charge >= 0.3 is 12.2 Å². The minimum absolute atomic E-state index is 0.158. The fourth-order valence-corrected chi connectivity index (χ4v) is 2.04. The van der Waals surface area contributed by atoms with Crippen LogP contribution in [0.3, 0.4) is 0 Å². The van der Waals surface area contributed by atoms with Crippen molar-refractivity contribution in [3.63, 3.8) is 0 Å². The predicted molar refractivity (Wildman–Crippen MR) is 63.7 cm³/mol. The molecule has 1 fully saturated rings. The van der Waals surface area contributed by atoms with Gasteiger partial charge in [0.05, 0.1) is 19.2 Å². The largest absolute Gasteiger partial charge is 0.401 e. The minimum atomic E-state index is -4.21. The highest BCUT2D eigenvalue weighted by atomic mass is 19.4. The highest BCUT2D eigenvalue weighted by Gasteiger charge is 2.34. The number of carbonyl (C=O) groups excluding carboxylic acids is 1. The topological polar surface area (TPSA) is 64.6 Å². The van der Waals surface area contributed by atoms with E-state index in [1.807, 2.05) is 6.92 Å². The lowest BCUT2D eigenvalue weighted by atomic mass is 10.2. The zero-order valence-corrected chi connectivity index (χ0v) is 10.8. The van der Waals surface area contributed by atoms with Crippen LogP contribution >= 0.6 is 0 Å². The van der Waals surface area contributed by atoms with E-state index in [-0.39, 0.29) is 25.2 Å². The second kappa shape index (κ2) is 6.95. The Labute approximate surface area is 110 Å². The van der Waals surface area contributed by atoms with Gasteiger partial charge in [-0.25, -0.2) is 4.79 Å². The lowest BCUT2D eigenvalue weighted by Gasteiger charge is -2.19. The summed E-state index contributed by atoms with van der Waals surface area (Å²) in [6, 6.07) is -1.05. The van der Waals surface area contributed by atoms with E-state index in [0.717, 1.165) is 0 Å². The molecule has 0 radical (unpaired) electrons. The average molecular weight is 283 g/mol. The maximum atomic E-state index is 12.2. The van der Waals surface area contributed by atoms with Gasteiger partial charge in [-0.2, -0.15) is 13.2 Å². The van der Waals surface area contributed by atoms with E-state index >= 15 is 0 Å². The first kappa shape index (κ1) is 16.0. The van der Waals surface area contributed by atoms with E-state index in [4.69, 9.17) is 5.11 Å². The Balaban J connectivity index is 2.30. The Morgan fingerprint density at radius 1 is 1.53 bits per heavy atom. The average Bonchev–Trinajstić information content (AvgIpc) is 2.70. The van der Waals surface area contributed by atoms with Gasteiger partial charge in [0.25, 0.3) is 0 Å². The van der Waals surface area contributed by atoms with Crippen LogP contribution in [0.5, 0.6) is 0 Å². The van der Waals surface area contributed by atoms with Crippen molar-refractivity contribution in [2.75, 3.05) is 26.2 Å². The number of hydrogen-bond acceptors (Lipinski definition) is 3. The van der Waals surface area contributed by atoms with E-state index in [1.165, 1.54) is 4.90 Å². The first-order valence-corrected chi connectivity index (χ1v) is 6.31. The summed E-state index contributed by atoms with van der Waals surface area (Å²) in [6.07, 6.45) is -3.12. The summed E-state index contributed by atoms with van der Waals surface area (Å²) in [4.78, 5) is 12.8. The highest BCUT2D eigenvalue weighted by Crippen LogP contribution is 2.19. The number of halogens is 3. The molecular weight excluding hydrogens is 263 g/mol. The summed E-state index contributed by atoms with van der Waals surface area (Å²) in [7, 11) is 0. The van der Waals surface area contributed by atoms with Gasteiger partial charge in [-0.3, -0.25) is 4.90 Å². The van der Waals surface area contributed by atoms with Crippen LogP contribution in [0.2, 0.25) is 0 Å². The normalized spacial score (nSPS) is 22.3. The standard InChI is InChI=1S/C11H20F3N3O2/c1-2-8(6-18)15-10(19)16-9-3-4-17(5-9)7-11(12,13)14/h8-9,18H,2-7H2,1H3,(H2,15,16,19). The molecule has 1 aliphatic rings. The molecule has 112 valence electrons. The van der Waals surface area contributed by atoms with Crippen LogP contribution in [-0.4, -0.2) is 60.5 Å². The fraction of sp³-hybridized carbons (Fsp3) is 0.909. The maximum absolute atomic E-state index is 12.2. The van der Waals surface area contributed by atoms with Crippen LogP contribution in [0.1, 0.15) is 19.8 Å². The smallest absolute Gasteiger partial charge is 0.394 e. The van der Waals surface area contributed by atoms with Gasteiger partial charge in [-0.05, 0) is 12.8 Å². The first-order chi connectivity index (χ1) is 8.84. The summed E-state index contributed by atoms with van der Waals surface area (Å²) in [5.41, 5.74) is 0. The van der Waals surface area contributed by atoms with Gasteiger partial charge in [-0.1, -0.05) is 6.92 Å². The summed E-state index contributed by atoms with van der Waals surface area (Å²) in [5.74, 6) is 0. The van der Waals surface area contributed by atoms with Crippen LogP contribution in [0.25, 0.3) is 0 Å². The van der Waals surface area contributed by atoms with E-state index in [0.29, 0.717) is 19.4 Å². The number of nitrogens with zero attached hydrogens (tertiary/aromatic N) is 1. The quantitative estimate of drug-likeness (QED) is 0.695. The zero-order chi connectivity index (χ0) is 14.5. The lowest BCUT2D eigenvalue weighted by molar-refractivity contribution is -0.143. The Morgan fingerprint density at radius 2 is 2.21 bits per heavy atom. The number of likely N-dealkylation sites (tertiary alicyclic amines) is 1. The Kier molecular flexibility index (Phi) is 5.86. The molecule has 0 saturated carbocycles. The molecule has 1 aliphatic heterocycles. The Bertz CT molecular complexity index is 295. The van der Waals surface area contributed by atoms with E-state index in [2.05, 4.69) is 10.6 Å². The van der Waals surface area contributed by atoms with Gasteiger partial charge in [0.15, 0.2) is 0 Å². The number of nitrogens with one attached hydrogen (secondary N) is 2. The number of aliphatic hydroxyl groups is 1. The van der Waals surface area contributed by atoms with Crippen LogP contribution < -0.4 is 10.6 Å². The van der Waals surface area contributed by atoms with Gasteiger partial charge in [-0.15, -0.1) is 0 Å². The lowest BCUT2D eigenvalue weighted by Crippen LogP contribution is -2.48. The third-order valence-electron chi connectivity index (χ3n) is 3.06. The Hall–Kier alpha value is -1.02. The van der Waals surface area contributed by atoms with Gasteiger partial charge in [0.2, 0.25) is 0 Å². The maximum Gasteiger partial charge on any atom is 0.401 e. The molecule has 3 N–H and O–H groups in total. The molecule has 0 spiro atoms. The van der Waals surface area contributed by atoms with Crippen LogP contribution in [0, 0.1) is 0 Å². The summed E-state index contributed by atoms with van der Waals surface area (Å²) < 4.78 is 36.6. The first-order valence-electron chi connectivity index (χ1n) is 6.31. The van der Waals surface area contributed by atoms with E-state index in [1.54, 1.807) is 0 Å². The number of carbonyl (C=O) groups is 1. The number of rotatable bonds is 5. The number of aliphatic hydroxyl groups excluding tert-OH is 1.